The van der Waals surface area contributed by atoms with Gasteiger partial charge in [-0.3, -0.25) is 9.67 Å². The van der Waals surface area contributed by atoms with Gasteiger partial charge in [0.2, 0.25) is 0 Å². The van der Waals surface area contributed by atoms with Gasteiger partial charge < -0.3 is 10.6 Å². The summed E-state index contributed by atoms with van der Waals surface area (Å²) in [6.45, 7) is 3.43. The molecule has 20 heavy (non-hydrogen) atoms. The third-order valence-electron chi connectivity index (χ3n) is 3.15. The molecule has 0 spiro atoms. The summed E-state index contributed by atoms with van der Waals surface area (Å²) in [5.74, 6) is 1.61. The highest BCUT2D eigenvalue weighted by Gasteiger charge is 2.03. The summed E-state index contributed by atoms with van der Waals surface area (Å²) in [4.78, 5) is 8.36. The van der Waals surface area contributed by atoms with Crippen molar-refractivity contribution in [1.82, 2.24) is 25.4 Å². The molecule has 0 bridgehead atoms. The second-order valence-corrected chi connectivity index (χ2v) is 4.51. The molecule has 0 unspecified atom stereocenters. The molecule has 0 aliphatic carbocycles. The van der Waals surface area contributed by atoms with E-state index in [0.717, 1.165) is 18.3 Å². The molecule has 1 aromatic carbocycles. The van der Waals surface area contributed by atoms with Gasteiger partial charge in [0.05, 0.1) is 6.54 Å². The van der Waals surface area contributed by atoms with Crippen molar-refractivity contribution >= 4 is 5.96 Å². The molecular formula is C14H20N6. The van der Waals surface area contributed by atoms with E-state index in [9.17, 15) is 0 Å². The first kappa shape index (κ1) is 14.0. The van der Waals surface area contributed by atoms with Crippen LogP contribution >= 0.6 is 0 Å². The lowest BCUT2D eigenvalue weighted by Gasteiger charge is -2.12. The number of aromatic nitrogens is 3. The fraction of sp³-hybridized carbons (Fsp3) is 0.357. The average Bonchev–Trinajstić information content (AvgIpc) is 2.86. The minimum absolute atomic E-state index is 0.587. The fourth-order valence-electron chi connectivity index (χ4n) is 1.85. The second-order valence-electron chi connectivity index (χ2n) is 4.51. The Bertz CT molecular complexity index is 587. The standard InChI is InChI=1S/C14H20N6/c1-11-6-4-5-7-12(11)8-16-14(15-2)17-9-13-18-10-19-20(13)3/h4-7,10H,8-9H2,1-3H3,(H2,15,16,17). The van der Waals surface area contributed by atoms with Crippen LogP contribution in [0.5, 0.6) is 0 Å². The number of nitrogens with one attached hydrogen (secondary N) is 2. The maximum Gasteiger partial charge on any atom is 0.191 e. The zero-order valence-electron chi connectivity index (χ0n) is 12.1. The normalized spacial score (nSPS) is 11.4. The molecule has 2 rings (SSSR count). The molecule has 1 heterocycles. The highest BCUT2D eigenvalue weighted by molar-refractivity contribution is 5.79. The van der Waals surface area contributed by atoms with Gasteiger partial charge in [-0.2, -0.15) is 5.10 Å². The molecule has 0 amide bonds. The molecule has 106 valence electrons. The third kappa shape index (κ3) is 3.57. The fourth-order valence-corrected chi connectivity index (χ4v) is 1.85. The van der Waals surface area contributed by atoms with Crippen molar-refractivity contribution in [3.63, 3.8) is 0 Å². The van der Waals surface area contributed by atoms with E-state index in [1.54, 1.807) is 18.1 Å². The largest absolute Gasteiger partial charge is 0.352 e. The summed E-state index contributed by atoms with van der Waals surface area (Å²) in [5.41, 5.74) is 2.53. The first-order valence-corrected chi connectivity index (χ1v) is 6.52. The highest BCUT2D eigenvalue weighted by atomic mass is 15.3. The lowest BCUT2D eigenvalue weighted by Crippen LogP contribution is -2.37. The van der Waals surface area contributed by atoms with Gasteiger partial charge in [0.25, 0.3) is 0 Å². The van der Waals surface area contributed by atoms with Crippen molar-refractivity contribution in [3.05, 3.63) is 47.5 Å². The number of guanidine groups is 1. The monoisotopic (exact) mass is 272 g/mol. The number of hydrogen-bond acceptors (Lipinski definition) is 3. The van der Waals surface area contributed by atoms with E-state index >= 15 is 0 Å². The number of benzene rings is 1. The molecule has 0 fully saturated rings. The predicted molar refractivity (Wildman–Crippen MR) is 79.2 cm³/mol. The number of rotatable bonds is 4. The van der Waals surface area contributed by atoms with Crippen molar-refractivity contribution in [2.75, 3.05) is 7.05 Å². The quantitative estimate of drug-likeness (QED) is 0.643. The zero-order valence-corrected chi connectivity index (χ0v) is 12.1. The summed E-state index contributed by atoms with van der Waals surface area (Å²) in [6.07, 6.45) is 1.54. The van der Waals surface area contributed by atoms with Gasteiger partial charge >= 0.3 is 0 Å². The molecule has 0 saturated carbocycles. The first-order valence-electron chi connectivity index (χ1n) is 6.52. The van der Waals surface area contributed by atoms with Crippen LogP contribution in [0.1, 0.15) is 17.0 Å². The minimum Gasteiger partial charge on any atom is -0.352 e. The smallest absolute Gasteiger partial charge is 0.191 e. The van der Waals surface area contributed by atoms with Crippen molar-refractivity contribution in [3.8, 4) is 0 Å². The molecule has 0 aliphatic rings. The number of nitrogens with zero attached hydrogens (tertiary/aromatic N) is 4. The molecule has 0 saturated heterocycles. The van der Waals surface area contributed by atoms with E-state index < -0.39 is 0 Å². The maximum atomic E-state index is 4.20. The van der Waals surface area contributed by atoms with Crippen LogP contribution in [-0.2, 0) is 20.1 Å². The lowest BCUT2D eigenvalue weighted by molar-refractivity contribution is 0.672. The van der Waals surface area contributed by atoms with Crippen LogP contribution in [0.15, 0.2) is 35.6 Å². The molecule has 0 radical (unpaired) electrons. The van der Waals surface area contributed by atoms with E-state index in [-0.39, 0.29) is 0 Å². The van der Waals surface area contributed by atoms with E-state index in [2.05, 4.69) is 44.8 Å². The molecule has 1 aromatic heterocycles. The van der Waals surface area contributed by atoms with Gasteiger partial charge in [0.1, 0.15) is 12.2 Å². The molecule has 6 nitrogen and oxygen atoms in total. The van der Waals surface area contributed by atoms with Gasteiger partial charge in [-0.1, -0.05) is 24.3 Å². The molecule has 2 N–H and O–H groups in total. The zero-order chi connectivity index (χ0) is 14.4. The Labute approximate surface area is 119 Å². The van der Waals surface area contributed by atoms with Gasteiger partial charge in [-0.15, -0.1) is 0 Å². The van der Waals surface area contributed by atoms with Crippen molar-refractivity contribution in [2.45, 2.75) is 20.0 Å². The van der Waals surface area contributed by atoms with Crippen LogP contribution in [0.25, 0.3) is 0 Å². The lowest BCUT2D eigenvalue weighted by atomic mass is 10.1. The Morgan fingerprint density at radius 1 is 1.25 bits per heavy atom. The van der Waals surface area contributed by atoms with E-state index in [1.807, 2.05) is 19.2 Å². The van der Waals surface area contributed by atoms with Crippen LogP contribution in [0.3, 0.4) is 0 Å². The Kier molecular flexibility index (Phi) is 4.70. The number of aliphatic imine (C=N–C) groups is 1. The van der Waals surface area contributed by atoms with Gasteiger partial charge in [-0.25, -0.2) is 4.98 Å². The Hall–Kier alpha value is -2.37. The Morgan fingerprint density at radius 2 is 2.00 bits per heavy atom. The van der Waals surface area contributed by atoms with Gasteiger partial charge in [0.15, 0.2) is 5.96 Å². The third-order valence-corrected chi connectivity index (χ3v) is 3.15. The highest BCUT2D eigenvalue weighted by Crippen LogP contribution is 2.05. The van der Waals surface area contributed by atoms with Gasteiger partial charge in [0, 0.05) is 20.6 Å². The summed E-state index contributed by atoms with van der Waals surface area (Å²) in [6, 6.07) is 8.30. The first-order chi connectivity index (χ1) is 9.70. The molecule has 6 heteroatoms. The summed E-state index contributed by atoms with van der Waals surface area (Å²) in [7, 11) is 3.62. The van der Waals surface area contributed by atoms with Crippen LogP contribution in [0.4, 0.5) is 0 Å². The van der Waals surface area contributed by atoms with E-state index in [0.29, 0.717) is 6.54 Å². The maximum absolute atomic E-state index is 4.20. The molecule has 0 atom stereocenters. The SMILES string of the molecule is CN=C(NCc1ccccc1C)NCc1ncnn1C. The summed E-state index contributed by atoms with van der Waals surface area (Å²) >= 11 is 0. The van der Waals surface area contributed by atoms with E-state index in [1.165, 1.54) is 11.1 Å². The number of aryl methyl sites for hydroxylation is 2. The summed E-state index contributed by atoms with van der Waals surface area (Å²) < 4.78 is 1.74. The van der Waals surface area contributed by atoms with Crippen molar-refractivity contribution < 1.29 is 0 Å². The Balaban J connectivity index is 1.87. The van der Waals surface area contributed by atoms with Crippen molar-refractivity contribution in [2.24, 2.45) is 12.0 Å². The van der Waals surface area contributed by atoms with Crippen LogP contribution in [0.2, 0.25) is 0 Å². The molecule has 0 aliphatic heterocycles. The van der Waals surface area contributed by atoms with Crippen molar-refractivity contribution in [1.29, 1.82) is 0 Å². The minimum atomic E-state index is 0.587. The van der Waals surface area contributed by atoms with E-state index in [4.69, 9.17) is 0 Å². The van der Waals surface area contributed by atoms with Crippen LogP contribution in [-0.4, -0.2) is 27.8 Å². The molecule has 2 aromatic rings. The van der Waals surface area contributed by atoms with Crippen LogP contribution < -0.4 is 10.6 Å². The average molecular weight is 272 g/mol. The molecular weight excluding hydrogens is 252 g/mol. The Morgan fingerprint density at radius 3 is 2.65 bits per heavy atom. The summed E-state index contributed by atoms with van der Waals surface area (Å²) in [5, 5.41) is 10.5. The van der Waals surface area contributed by atoms with Gasteiger partial charge in [-0.05, 0) is 18.1 Å². The predicted octanol–water partition coefficient (Wildman–Crippen LogP) is 0.989. The second kappa shape index (κ2) is 6.70. The number of hydrogen-bond donors (Lipinski definition) is 2. The topological polar surface area (TPSA) is 67.1 Å². The van der Waals surface area contributed by atoms with Crippen LogP contribution in [0, 0.1) is 6.92 Å².